The highest BCUT2D eigenvalue weighted by atomic mass is 32.2. The van der Waals surface area contributed by atoms with E-state index in [4.69, 9.17) is 18.9 Å². The van der Waals surface area contributed by atoms with Gasteiger partial charge in [-0.2, -0.15) is 33.7 Å². The van der Waals surface area contributed by atoms with Gasteiger partial charge < -0.3 is 18.9 Å². The van der Waals surface area contributed by atoms with E-state index in [2.05, 4.69) is 6.07 Å². The molecule has 0 heterocycles. The van der Waals surface area contributed by atoms with Crippen LogP contribution < -0.4 is 18.9 Å². The Morgan fingerprint density at radius 1 is 0.633 bits per heavy atom. The van der Waals surface area contributed by atoms with Gasteiger partial charge in [0.1, 0.15) is 35.4 Å². The molecule has 0 aliphatic carbocycles. The molecule has 4 nitrogen and oxygen atoms in total. The number of unbranched alkanes of at least 4 members (excludes halogenated alkanes) is 1. The molecule has 0 atom stereocenters. The van der Waals surface area contributed by atoms with Crippen molar-refractivity contribution in [1.82, 2.24) is 0 Å². The third kappa shape index (κ3) is 10.0. The lowest BCUT2D eigenvalue weighted by Crippen LogP contribution is -2.36. The molecule has 5 aromatic carbocycles. The average Bonchev–Trinajstić information content (AvgIpc) is 3.10. The van der Waals surface area contributed by atoms with Crippen molar-refractivity contribution in [3.63, 3.8) is 0 Å². The molecule has 0 aliphatic heterocycles. The van der Waals surface area contributed by atoms with Crippen LogP contribution in [0.5, 0.6) is 28.7 Å². The smallest absolute Gasteiger partial charge is 0.453 e. The first-order valence-electron chi connectivity index (χ1n) is 15.9. The number of rotatable bonds is 17. The van der Waals surface area contributed by atoms with Crippen molar-refractivity contribution in [2.45, 2.75) is 44.4 Å². The van der Waals surface area contributed by atoms with E-state index < -0.39 is 18.5 Å². The van der Waals surface area contributed by atoms with Crippen molar-refractivity contribution in [3.8, 4) is 39.9 Å². The fraction of sp³-hybridized carbons (Fsp3) is 0.282. The van der Waals surface area contributed by atoms with Crippen molar-refractivity contribution in [2.24, 2.45) is 0 Å². The minimum atomic E-state index is -5.49. The lowest BCUT2D eigenvalue weighted by molar-refractivity contribution is -0.284. The second-order valence-electron chi connectivity index (χ2n) is 11.4. The Balaban J connectivity index is 1.19. The first-order valence-corrected chi connectivity index (χ1v) is 17.1. The van der Waals surface area contributed by atoms with Crippen molar-refractivity contribution in [3.05, 3.63) is 115 Å². The molecule has 10 heteroatoms. The van der Waals surface area contributed by atoms with Crippen LogP contribution in [-0.2, 0) is 6.61 Å². The summed E-state index contributed by atoms with van der Waals surface area (Å²) in [5.74, 6) is -0.194. The Hall–Kier alpha value is -4.44. The van der Waals surface area contributed by atoms with Gasteiger partial charge >= 0.3 is 12.1 Å². The summed E-state index contributed by atoms with van der Waals surface area (Å²) in [5.41, 5.74) is 2.97. The van der Waals surface area contributed by atoms with Crippen LogP contribution >= 0.6 is 11.8 Å². The molecule has 0 aliphatic rings. The zero-order valence-corrected chi connectivity index (χ0v) is 27.8. The van der Waals surface area contributed by atoms with Gasteiger partial charge in [-0.1, -0.05) is 48.5 Å². The molecule has 0 bridgehead atoms. The van der Waals surface area contributed by atoms with Gasteiger partial charge in [-0.25, -0.2) is 0 Å². The Kier molecular flexibility index (Phi) is 12.3. The van der Waals surface area contributed by atoms with E-state index in [0.717, 1.165) is 51.8 Å². The summed E-state index contributed by atoms with van der Waals surface area (Å²) < 4.78 is 86.6. The standard InChI is InChI=1S/C39H37F5O4S/c1-45-31-13-10-29(11-14-31)35-20-12-30-26-34(47-27-28-8-3-2-4-9-28)19-21-36(30)37(35)48-33-17-15-32(16-18-33)46-23-5-6-24-49-25-7-22-38(40,41)39(42,43)44/h2-4,8-21,26H,5-7,22-25,27H2,1H3. The van der Waals surface area contributed by atoms with Crippen LogP contribution in [0.4, 0.5) is 22.0 Å². The maximum atomic E-state index is 13.0. The summed E-state index contributed by atoms with van der Waals surface area (Å²) >= 11 is 1.37. The number of halogens is 5. The molecule has 0 spiro atoms. The predicted molar refractivity (Wildman–Crippen MR) is 186 cm³/mol. The van der Waals surface area contributed by atoms with E-state index in [9.17, 15) is 22.0 Å². The van der Waals surface area contributed by atoms with Gasteiger partial charge in [-0.3, -0.25) is 0 Å². The summed E-state index contributed by atoms with van der Waals surface area (Å²) in [6, 6.07) is 35.2. The van der Waals surface area contributed by atoms with Crippen LogP contribution in [0, 0.1) is 0 Å². The van der Waals surface area contributed by atoms with Gasteiger partial charge in [-0.05, 0) is 108 Å². The average molecular weight is 697 g/mol. The summed E-state index contributed by atoms with van der Waals surface area (Å²) in [6.45, 7) is 0.914. The van der Waals surface area contributed by atoms with Gasteiger partial charge in [-0.15, -0.1) is 0 Å². The highest BCUT2D eigenvalue weighted by molar-refractivity contribution is 7.99. The molecule has 0 amide bonds. The second-order valence-corrected chi connectivity index (χ2v) is 12.6. The van der Waals surface area contributed by atoms with E-state index in [1.54, 1.807) is 7.11 Å². The Bertz CT molecular complexity index is 1760. The van der Waals surface area contributed by atoms with Crippen LogP contribution in [0.1, 0.15) is 31.2 Å². The molecule has 0 saturated carbocycles. The van der Waals surface area contributed by atoms with E-state index in [1.165, 1.54) is 11.8 Å². The molecular weight excluding hydrogens is 659 g/mol. The van der Waals surface area contributed by atoms with Crippen LogP contribution in [0.25, 0.3) is 21.9 Å². The number of hydrogen-bond donors (Lipinski definition) is 0. The van der Waals surface area contributed by atoms with Crippen molar-refractivity contribution < 1.29 is 40.9 Å². The number of fused-ring (bicyclic) bond motifs is 1. The zero-order valence-electron chi connectivity index (χ0n) is 27.0. The molecular formula is C39H37F5O4S. The molecule has 0 N–H and O–H groups in total. The molecule has 0 unspecified atom stereocenters. The van der Waals surface area contributed by atoms with Crippen LogP contribution in [-0.4, -0.2) is 37.3 Å². The van der Waals surface area contributed by atoms with E-state index in [0.29, 0.717) is 36.2 Å². The molecule has 0 fully saturated rings. The molecule has 258 valence electrons. The van der Waals surface area contributed by atoms with Crippen LogP contribution in [0.15, 0.2) is 109 Å². The maximum absolute atomic E-state index is 13.0. The van der Waals surface area contributed by atoms with Crippen molar-refractivity contribution in [1.29, 1.82) is 0 Å². The van der Waals surface area contributed by atoms with Crippen molar-refractivity contribution in [2.75, 3.05) is 25.2 Å². The van der Waals surface area contributed by atoms with Gasteiger partial charge in [0.25, 0.3) is 0 Å². The summed E-state index contributed by atoms with van der Waals surface area (Å²) in [4.78, 5) is 0. The Labute approximate surface area is 287 Å². The minimum absolute atomic E-state index is 0.188. The number of benzene rings is 5. The summed E-state index contributed by atoms with van der Waals surface area (Å²) in [7, 11) is 1.63. The quantitative estimate of drug-likeness (QED) is 0.0715. The normalized spacial score (nSPS) is 11.8. The monoisotopic (exact) mass is 696 g/mol. The first kappa shape index (κ1) is 35.9. The first-order chi connectivity index (χ1) is 23.6. The third-order valence-corrected chi connectivity index (χ3v) is 8.94. The Morgan fingerprint density at radius 2 is 1.31 bits per heavy atom. The molecule has 0 aromatic heterocycles. The lowest BCUT2D eigenvalue weighted by Gasteiger charge is -2.19. The predicted octanol–water partition coefficient (Wildman–Crippen LogP) is 11.8. The topological polar surface area (TPSA) is 36.9 Å². The van der Waals surface area contributed by atoms with E-state index >= 15 is 0 Å². The van der Waals surface area contributed by atoms with Crippen molar-refractivity contribution >= 4 is 22.5 Å². The lowest BCUT2D eigenvalue weighted by atomic mass is 9.99. The molecule has 0 radical (unpaired) electrons. The fourth-order valence-corrected chi connectivity index (χ4v) is 6.04. The number of ether oxygens (including phenoxy) is 4. The minimum Gasteiger partial charge on any atom is -0.497 e. The third-order valence-electron chi connectivity index (χ3n) is 7.78. The highest BCUT2D eigenvalue weighted by Gasteiger charge is 2.56. The fourth-order valence-electron chi connectivity index (χ4n) is 5.08. The number of methoxy groups -OCH3 is 1. The molecule has 5 aromatic rings. The van der Waals surface area contributed by atoms with Gasteiger partial charge in [0.15, 0.2) is 0 Å². The zero-order chi connectivity index (χ0) is 34.7. The summed E-state index contributed by atoms with van der Waals surface area (Å²) in [5, 5.41) is 1.89. The summed E-state index contributed by atoms with van der Waals surface area (Å²) in [6.07, 6.45) is -5.37. The SMILES string of the molecule is COc1ccc(-c2ccc3cc(OCc4ccccc4)ccc3c2Oc2ccc(OCCCCSCCCC(F)(F)C(F)(F)F)cc2)cc1. The van der Waals surface area contributed by atoms with Gasteiger partial charge in [0.05, 0.1) is 13.7 Å². The molecule has 5 rings (SSSR count). The highest BCUT2D eigenvalue weighted by Crippen LogP contribution is 2.42. The van der Waals surface area contributed by atoms with Crippen LogP contribution in [0.2, 0.25) is 0 Å². The van der Waals surface area contributed by atoms with Gasteiger partial charge in [0.2, 0.25) is 0 Å². The van der Waals surface area contributed by atoms with Gasteiger partial charge in [0, 0.05) is 17.4 Å². The van der Waals surface area contributed by atoms with Crippen LogP contribution in [0.3, 0.4) is 0 Å². The maximum Gasteiger partial charge on any atom is 0.453 e. The number of hydrogen-bond acceptors (Lipinski definition) is 5. The second kappa shape index (κ2) is 16.8. The van der Waals surface area contributed by atoms with E-state index in [-0.39, 0.29) is 12.2 Å². The molecule has 49 heavy (non-hydrogen) atoms. The van der Waals surface area contributed by atoms with E-state index in [1.807, 2.05) is 103 Å². The Morgan fingerprint density at radius 3 is 2.02 bits per heavy atom. The number of thioether (sulfide) groups is 1. The number of alkyl halides is 5. The largest absolute Gasteiger partial charge is 0.497 e. The molecule has 0 saturated heterocycles.